The zero-order valence-corrected chi connectivity index (χ0v) is 20.5. The molecule has 0 bridgehead atoms. The van der Waals surface area contributed by atoms with Crippen LogP contribution >= 0.6 is 0 Å². The van der Waals surface area contributed by atoms with Crippen LogP contribution in [-0.2, 0) is 6.54 Å². The Labute approximate surface area is 210 Å². The number of rotatable bonds is 7. The van der Waals surface area contributed by atoms with E-state index in [1.807, 2.05) is 31.2 Å². The number of hydrogen-bond acceptors (Lipinski definition) is 7. The lowest BCUT2D eigenvalue weighted by Gasteiger charge is -2.45. The van der Waals surface area contributed by atoms with Crippen LogP contribution in [0.25, 0.3) is 0 Å². The molecule has 36 heavy (non-hydrogen) atoms. The van der Waals surface area contributed by atoms with E-state index in [1.165, 1.54) is 0 Å². The van der Waals surface area contributed by atoms with Crippen LogP contribution in [0.3, 0.4) is 0 Å². The van der Waals surface area contributed by atoms with Gasteiger partial charge in [0.2, 0.25) is 5.95 Å². The Hall–Kier alpha value is -4.21. The van der Waals surface area contributed by atoms with Crippen LogP contribution < -0.4 is 20.5 Å². The zero-order chi connectivity index (χ0) is 25.1. The van der Waals surface area contributed by atoms with Gasteiger partial charge in [0, 0.05) is 43.8 Å². The maximum absolute atomic E-state index is 13.0. The van der Waals surface area contributed by atoms with Crippen molar-refractivity contribution in [2.24, 2.45) is 0 Å². The van der Waals surface area contributed by atoms with Gasteiger partial charge in [0.15, 0.2) is 5.82 Å². The first-order valence-electron chi connectivity index (χ1n) is 12.3. The Balaban J connectivity index is 1.32. The third-order valence-corrected chi connectivity index (χ3v) is 6.65. The minimum absolute atomic E-state index is 0.0707. The number of hydrazine groups is 1. The second-order valence-corrected chi connectivity index (χ2v) is 8.99. The summed E-state index contributed by atoms with van der Waals surface area (Å²) in [5.74, 6) is 1.01. The third-order valence-electron chi connectivity index (χ3n) is 6.65. The summed E-state index contributed by atoms with van der Waals surface area (Å²) in [4.78, 5) is 40.4. The quantitative estimate of drug-likeness (QED) is 0.518. The first-order chi connectivity index (χ1) is 17.5. The summed E-state index contributed by atoms with van der Waals surface area (Å²) in [6, 6.07) is 11.1. The van der Waals surface area contributed by atoms with E-state index >= 15 is 0 Å². The molecular weight excluding hydrogens is 456 g/mol. The predicted octanol–water partition coefficient (Wildman–Crippen LogP) is 4.10. The smallest absolute Gasteiger partial charge is 0.343 e. The van der Waals surface area contributed by atoms with Crippen molar-refractivity contribution in [1.29, 1.82) is 0 Å². The van der Waals surface area contributed by atoms with Crippen molar-refractivity contribution in [3.05, 3.63) is 66.1 Å². The van der Waals surface area contributed by atoms with Gasteiger partial charge in [-0.15, -0.1) is 0 Å². The first kappa shape index (κ1) is 23.5. The maximum atomic E-state index is 13.0. The van der Waals surface area contributed by atoms with Gasteiger partial charge >= 0.3 is 6.03 Å². The van der Waals surface area contributed by atoms with Crippen molar-refractivity contribution < 1.29 is 9.59 Å². The number of hydrogen-bond donors (Lipinski definition) is 2. The van der Waals surface area contributed by atoms with Gasteiger partial charge in [-0.2, -0.15) is 4.98 Å². The van der Waals surface area contributed by atoms with Gasteiger partial charge < -0.3 is 10.6 Å². The van der Waals surface area contributed by atoms with Crippen molar-refractivity contribution in [1.82, 2.24) is 25.3 Å². The zero-order valence-electron chi connectivity index (χ0n) is 20.5. The number of fused-ring (bicyclic) bond motifs is 1. The van der Waals surface area contributed by atoms with Crippen LogP contribution in [0.1, 0.15) is 48.5 Å². The molecule has 3 aromatic rings. The maximum Gasteiger partial charge on any atom is 0.343 e. The fourth-order valence-corrected chi connectivity index (χ4v) is 4.74. The minimum atomic E-state index is -0.157. The van der Waals surface area contributed by atoms with E-state index in [0.717, 1.165) is 42.8 Å². The summed E-state index contributed by atoms with van der Waals surface area (Å²) in [6.45, 7) is 2.96. The van der Waals surface area contributed by atoms with Gasteiger partial charge in [-0.25, -0.2) is 14.8 Å². The fraction of sp³-hybridized carbons (Fsp3) is 0.346. The second-order valence-electron chi connectivity index (χ2n) is 8.99. The summed E-state index contributed by atoms with van der Waals surface area (Å²) in [5, 5.41) is 9.97. The largest absolute Gasteiger partial charge is 0.348 e. The topological polar surface area (TPSA) is 107 Å². The lowest BCUT2D eigenvalue weighted by molar-refractivity contribution is 0.0951. The number of urea groups is 1. The van der Waals surface area contributed by atoms with Crippen LogP contribution in [0.15, 0.2) is 55.0 Å². The van der Waals surface area contributed by atoms with Crippen LogP contribution in [-0.4, -0.2) is 51.5 Å². The van der Waals surface area contributed by atoms with Gasteiger partial charge in [-0.05, 0) is 55.7 Å². The monoisotopic (exact) mass is 486 g/mol. The highest BCUT2D eigenvalue weighted by molar-refractivity contribution is 5.98. The molecule has 0 spiro atoms. The highest BCUT2D eigenvalue weighted by atomic mass is 16.2. The predicted molar refractivity (Wildman–Crippen MR) is 138 cm³/mol. The van der Waals surface area contributed by atoms with Crippen molar-refractivity contribution in [3.63, 3.8) is 0 Å². The van der Waals surface area contributed by atoms with Crippen LogP contribution in [0.2, 0.25) is 0 Å². The van der Waals surface area contributed by atoms with Gasteiger partial charge in [0.1, 0.15) is 5.69 Å². The first-order valence-corrected chi connectivity index (χ1v) is 12.3. The number of nitrogens with one attached hydrogen (secondary N) is 2. The van der Waals surface area contributed by atoms with Crippen LogP contribution in [0.4, 0.5) is 27.9 Å². The fourth-order valence-electron chi connectivity index (χ4n) is 4.74. The average molecular weight is 487 g/mol. The molecule has 186 valence electrons. The molecule has 1 aliphatic heterocycles. The van der Waals surface area contributed by atoms with Gasteiger partial charge in [0.25, 0.3) is 5.91 Å². The van der Waals surface area contributed by atoms with E-state index in [0.29, 0.717) is 30.3 Å². The number of amides is 3. The summed E-state index contributed by atoms with van der Waals surface area (Å²) >= 11 is 0. The van der Waals surface area contributed by atoms with Crippen LogP contribution in [0.5, 0.6) is 0 Å². The molecule has 0 atom stereocenters. The lowest BCUT2D eigenvalue weighted by atomic mass is 10.2. The average Bonchev–Trinajstić information content (AvgIpc) is 3.45. The van der Waals surface area contributed by atoms with E-state index < -0.39 is 0 Å². The van der Waals surface area contributed by atoms with Crippen molar-refractivity contribution in [2.45, 2.75) is 45.2 Å². The molecule has 0 radical (unpaired) electrons. The van der Waals surface area contributed by atoms with Crippen molar-refractivity contribution in [2.75, 3.05) is 28.8 Å². The molecule has 3 amide bonds. The third kappa shape index (κ3) is 4.66. The molecule has 5 rings (SSSR count). The molecule has 10 heteroatoms. The molecule has 10 nitrogen and oxygen atoms in total. The molecule has 0 saturated heterocycles. The van der Waals surface area contributed by atoms with Gasteiger partial charge in [-0.3, -0.25) is 19.7 Å². The molecule has 0 unspecified atom stereocenters. The molecule has 2 aromatic heterocycles. The number of carbonyl (C=O) groups excluding carboxylic acids is 2. The number of pyridine rings is 1. The Morgan fingerprint density at radius 2 is 1.89 bits per heavy atom. The van der Waals surface area contributed by atoms with Gasteiger partial charge in [-0.1, -0.05) is 18.9 Å². The van der Waals surface area contributed by atoms with E-state index in [-0.39, 0.29) is 18.0 Å². The summed E-state index contributed by atoms with van der Waals surface area (Å²) < 4.78 is 0. The molecule has 1 fully saturated rings. The van der Waals surface area contributed by atoms with E-state index in [2.05, 4.69) is 25.6 Å². The van der Waals surface area contributed by atoms with Gasteiger partial charge in [0.05, 0.1) is 12.2 Å². The van der Waals surface area contributed by atoms with E-state index in [1.54, 1.807) is 47.7 Å². The number of benzene rings is 1. The molecule has 3 heterocycles. The van der Waals surface area contributed by atoms with Crippen molar-refractivity contribution in [3.8, 4) is 0 Å². The van der Waals surface area contributed by atoms with Crippen molar-refractivity contribution >= 4 is 35.1 Å². The Morgan fingerprint density at radius 1 is 1.11 bits per heavy atom. The SMILES string of the molecule is CCN1C(=O)N(C)c2cnc(Nc3ccc(C(=O)NCc4cccnc4)cc3)nc2N1C1CCCC1. The minimum Gasteiger partial charge on any atom is -0.348 e. The number of carbonyl (C=O) groups is 2. The Kier molecular flexibility index (Phi) is 6.66. The molecule has 1 aliphatic carbocycles. The van der Waals surface area contributed by atoms with Crippen LogP contribution in [0, 0.1) is 0 Å². The Bertz CT molecular complexity index is 1230. The molecular formula is C26H30N8O2. The lowest BCUT2D eigenvalue weighted by Crippen LogP contribution is -2.59. The highest BCUT2D eigenvalue weighted by Crippen LogP contribution is 2.38. The number of nitrogens with zero attached hydrogens (tertiary/aromatic N) is 6. The highest BCUT2D eigenvalue weighted by Gasteiger charge is 2.39. The normalized spacial score (nSPS) is 15.7. The Morgan fingerprint density at radius 3 is 2.58 bits per heavy atom. The molecule has 2 aliphatic rings. The van der Waals surface area contributed by atoms with E-state index in [4.69, 9.17) is 4.98 Å². The van der Waals surface area contributed by atoms with E-state index in [9.17, 15) is 9.59 Å². The standard InChI is InChI=1S/C26H30N8O2/c1-3-33-26(36)32(2)22-17-29-25(31-23(22)34(33)21-8-4-5-9-21)30-20-12-10-19(11-13-20)24(35)28-16-18-7-6-14-27-15-18/h6-7,10-15,17,21H,3-5,8-9,16H2,1-2H3,(H,28,35)(H,29,30,31). The molecule has 1 saturated carbocycles. The molecule has 2 N–H and O–H groups in total. The number of anilines is 4. The second kappa shape index (κ2) is 10.2. The summed E-state index contributed by atoms with van der Waals surface area (Å²) in [5.41, 5.74) is 2.96. The molecule has 1 aromatic carbocycles. The summed E-state index contributed by atoms with van der Waals surface area (Å²) in [7, 11) is 1.75. The summed E-state index contributed by atoms with van der Waals surface area (Å²) in [6.07, 6.45) is 9.49. The number of aromatic nitrogens is 3.